The summed E-state index contributed by atoms with van der Waals surface area (Å²) >= 11 is 0. The van der Waals surface area contributed by atoms with Crippen LogP contribution in [-0.2, 0) is 7.05 Å². The van der Waals surface area contributed by atoms with Gasteiger partial charge in [0.05, 0.1) is 18.0 Å². The maximum absolute atomic E-state index is 14.3. The molecule has 2 aliphatic rings. The number of nitrogens with zero attached hydrogens (tertiary/aromatic N) is 5. The van der Waals surface area contributed by atoms with E-state index in [-0.39, 0.29) is 23.3 Å². The fourth-order valence-corrected chi connectivity index (χ4v) is 4.58. The molecule has 2 aromatic heterocycles. The van der Waals surface area contributed by atoms with Gasteiger partial charge in [-0.2, -0.15) is 0 Å². The van der Waals surface area contributed by atoms with E-state index in [1.165, 1.54) is 22.9 Å². The Morgan fingerprint density at radius 1 is 1.12 bits per heavy atom. The van der Waals surface area contributed by atoms with Gasteiger partial charge in [0, 0.05) is 69.3 Å². The molecule has 0 saturated carbocycles. The van der Waals surface area contributed by atoms with E-state index in [4.69, 9.17) is 0 Å². The number of aliphatic hydroxyl groups is 1. The zero-order valence-electron chi connectivity index (χ0n) is 18.5. The minimum Gasteiger partial charge on any atom is -0.391 e. The van der Waals surface area contributed by atoms with Gasteiger partial charge in [-0.25, -0.2) is 9.37 Å². The lowest BCUT2D eigenvalue weighted by atomic mass is 10.0. The van der Waals surface area contributed by atoms with Crippen LogP contribution in [0.15, 0.2) is 53.6 Å². The number of anilines is 2. The third kappa shape index (κ3) is 4.34. The smallest absolute Gasteiger partial charge is 0.255 e. The highest BCUT2D eigenvalue weighted by molar-refractivity contribution is 5.60. The minimum absolute atomic E-state index is 0.0650. The van der Waals surface area contributed by atoms with E-state index in [1.54, 1.807) is 7.05 Å². The molecule has 9 heteroatoms. The van der Waals surface area contributed by atoms with Crippen LogP contribution in [0.2, 0.25) is 0 Å². The first-order valence-electron chi connectivity index (χ1n) is 11.2. The number of benzene rings is 1. The number of aliphatic hydroxyl groups excluding tert-OH is 1. The Morgan fingerprint density at radius 3 is 2.67 bits per heavy atom. The molecule has 2 atom stereocenters. The number of hydrogen-bond acceptors (Lipinski definition) is 7. The zero-order valence-corrected chi connectivity index (χ0v) is 18.5. The number of nitrogens with one attached hydrogen (secondary N) is 1. The number of hydrogen-bond donors (Lipinski definition) is 2. The molecule has 2 saturated heterocycles. The molecule has 172 valence electrons. The van der Waals surface area contributed by atoms with Gasteiger partial charge in [-0.15, -0.1) is 0 Å². The van der Waals surface area contributed by atoms with Crippen molar-refractivity contribution in [3.63, 3.8) is 0 Å². The first-order chi connectivity index (χ1) is 16.0. The molecule has 2 N–H and O–H groups in total. The van der Waals surface area contributed by atoms with Gasteiger partial charge < -0.3 is 20.2 Å². The van der Waals surface area contributed by atoms with Crippen LogP contribution in [0.4, 0.5) is 16.0 Å². The van der Waals surface area contributed by atoms with Crippen LogP contribution in [0.3, 0.4) is 0 Å². The summed E-state index contributed by atoms with van der Waals surface area (Å²) < 4.78 is 15.8. The Morgan fingerprint density at radius 2 is 1.94 bits per heavy atom. The topological polar surface area (TPSA) is 86.5 Å². The SMILES string of the molecule is Cn1c(N2CCN[C@@H](c3ccc(N4CCC(O)C4)cc3)C2)nc(-c2ccncc2F)cc1=O. The monoisotopic (exact) mass is 450 g/mol. The lowest BCUT2D eigenvalue weighted by molar-refractivity contribution is 0.198. The summed E-state index contributed by atoms with van der Waals surface area (Å²) in [6.07, 6.45) is 3.16. The molecule has 0 radical (unpaired) electrons. The summed E-state index contributed by atoms with van der Waals surface area (Å²) in [5.41, 5.74) is 2.58. The van der Waals surface area contributed by atoms with E-state index >= 15 is 0 Å². The van der Waals surface area contributed by atoms with Crippen molar-refractivity contribution in [1.29, 1.82) is 0 Å². The average Bonchev–Trinajstić information content (AvgIpc) is 3.27. The molecule has 0 amide bonds. The average molecular weight is 451 g/mol. The lowest BCUT2D eigenvalue weighted by Crippen LogP contribution is -2.47. The van der Waals surface area contributed by atoms with Gasteiger partial charge in [-0.3, -0.25) is 14.3 Å². The van der Waals surface area contributed by atoms with E-state index in [0.717, 1.165) is 37.0 Å². The van der Waals surface area contributed by atoms with E-state index in [2.05, 4.69) is 49.4 Å². The largest absolute Gasteiger partial charge is 0.391 e. The Labute approximate surface area is 191 Å². The second kappa shape index (κ2) is 8.92. The number of halogens is 1. The van der Waals surface area contributed by atoms with Crippen LogP contribution in [0.25, 0.3) is 11.3 Å². The van der Waals surface area contributed by atoms with Crippen LogP contribution in [-0.4, -0.2) is 58.5 Å². The third-order valence-electron chi connectivity index (χ3n) is 6.44. The molecule has 5 rings (SSSR count). The predicted molar refractivity (Wildman–Crippen MR) is 125 cm³/mol. The molecule has 0 spiro atoms. The molecular weight excluding hydrogens is 423 g/mol. The lowest BCUT2D eigenvalue weighted by Gasteiger charge is -2.35. The number of aromatic nitrogens is 3. The van der Waals surface area contributed by atoms with Crippen LogP contribution < -0.4 is 20.7 Å². The normalized spacial score (nSPS) is 20.9. The minimum atomic E-state index is -0.506. The zero-order chi connectivity index (χ0) is 22.9. The maximum Gasteiger partial charge on any atom is 0.255 e. The molecule has 1 unspecified atom stereocenters. The van der Waals surface area contributed by atoms with Gasteiger partial charge >= 0.3 is 0 Å². The van der Waals surface area contributed by atoms with E-state index in [0.29, 0.717) is 31.3 Å². The number of pyridine rings is 1. The first kappa shape index (κ1) is 21.5. The highest BCUT2D eigenvalue weighted by atomic mass is 19.1. The maximum atomic E-state index is 14.3. The highest BCUT2D eigenvalue weighted by Gasteiger charge is 2.25. The Kier molecular flexibility index (Phi) is 5.82. The molecule has 2 fully saturated rings. The van der Waals surface area contributed by atoms with Crippen LogP contribution in [0.5, 0.6) is 0 Å². The quantitative estimate of drug-likeness (QED) is 0.626. The molecule has 33 heavy (non-hydrogen) atoms. The van der Waals surface area contributed by atoms with Gasteiger partial charge in [-0.05, 0) is 30.2 Å². The molecule has 0 aliphatic carbocycles. The van der Waals surface area contributed by atoms with Crippen molar-refractivity contribution in [3.05, 3.63) is 70.5 Å². The second-order valence-electron chi connectivity index (χ2n) is 8.63. The molecule has 0 bridgehead atoms. The van der Waals surface area contributed by atoms with Gasteiger partial charge in [0.2, 0.25) is 5.95 Å². The molecule has 3 aromatic rings. The fourth-order valence-electron chi connectivity index (χ4n) is 4.58. The van der Waals surface area contributed by atoms with Gasteiger partial charge in [0.25, 0.3) is 5.56 Å². The van der Waals surface area contributed by atoms with Crippen molar-refractivity contribution < 1.29 is 9.50 Å². The summed E-state index contributed by atoms with van der Waals surface area (Å²) in [5.74, 6) is 0.0101. The summed E-state index contributed by atoms with van der Waals surface area (Å²) in [7, 11) is 1.69. The van der Waals surface area contributed by atoms with Gasteiger partial charge in [0.1, 0.15) is 0 Å². The molecular formula is C24H27FN6O2. The Balaban J connectivity index is 1.39. The van der Waals surface area contributed by atoms with Crippen molar-refractivity contribution in [3.8, 4) is 11.3 Å². The van der Waals surface area contributed by atoms with Crippen molar-refractivity contribution in [2.75, 3.05) is 42.5 Å². The standard InChI is InChI=1S/C24H27FN6O2/c1-29-23(33)12-21(19-6-8-26-13-20(19)25)28-24(29)31-11-9-27-22(15-31)16-2-4-17(5-3-16)30-10-7-18(32)14-30/h2-6,8,12-13,18,22,27,32H,7,9-11,14-15H2,1H3/t18?,22-/m1/s1. The summed E-state index contributed by atoms with van der Waals surface area (Å²) in [6, 6.07) is 11.4. The van der Waals surface area contributed by atoms with Crippen molar-refractivity contribution in [1.82, 2.24) is 19.9 Å². The molecule has 4 heterocycles. The molecule has 1 aromatic carbocycles. The number of rotatable bonds is 4. The Bertz CT molecular complexity index is 1200. The summed E-state index contributed by atoms with van der Waals surface area (Å²) in [6.45, 7) is 3.58. The summed E-state index contributed by atoms with van der Waals surface area (Å²) in [5, 5.41) is 13.3. The van der Waals surface area contributed by atoms with E-state index in [1.807, 2.05) is 0 Å². The number of β-amino-alcohol motifs (C(OH)–C–C–N with tert-alkyl or cyclic N) is 1. The summed E-state index contributed by atoms with van der Waals surface area (Å²) in [4.78, 5) is 25.3. The number of piperazine rings is 1. The van der Waals surface area contributed by atoms with Crippen molar-refractivity contribution >= 4 is 11.6 Å². The van der Waals surface area contributed by atoms with Crippen LogP contribution in [0.1, 0.15) is 18.0 Å². The van der Waals surface area contributed by atoms with Gasteiger partial charge in [0.15, 0.2) is 5.82 Å². The van der Waals surface area contributed by atoms with Crippen molar-refractivity contribution in [2.24, 2.45) is 7.05 Å². The van der Waals surface area contributed by atoms with Crippen LogP contribution in [0, 0.1) is 5.82 Å². The van der Waals surface area contributed by atoms with Crippen molar-refractivity contribution in [2.45, 2.75) is 18.6 Å². The van der Waals surface area contributed by atoms with Crippen LogP contribution >= 0.6 is 0 Å². The second-order valence-corrected chi connectivity index (χ2v) is 8.63. The highest BCUT2D eigenvalue weighted by Crippen LogP contribution is 2.26. The third-order valence-corrected chi connectivity index (χ3v) is 6.44. The Hall–Kier alpha value is -3.30. The molecule has 2 aliphatic heterocycles. The predicted octanol–water partition coefficient (Wildman–Crippen LogP) is 1.70. The molecule has 8 nitrogen and oxygen atoms in total. The van der Waals surface area contributed by atoms with E-state index in [9.17, 15) is 14.3 Å². The van der Waals surface area contributed by atoms with Gasteiger partial charge in [-0.1, -0.05) is 12.1 Å². The van der Waals surface area contributed by atoms with E-state index < -0.39 is 5.82 Å². The first-order valence-corrected chi connectivity index (χ1v) is 11.2. The fraction of sp³-hybridized carbons (Fsp3) is 0.375.